The second kappa shape index (κ2) is 8.70. The highest BCUT2D eigenvalue weighted by Gasteiger charge is 2.47. The summed E-state index contributed by atoms with van der Waals surface area (Å²) in [5.74, 6) is -0.801. The number of aliphatic hydroxyl groups is 1. The molecule has 0 saturated carbocycles. The molecule has 4 rings (SSSR count). The number of carbonyl (C=O) groups is 2. The number of hydrogen-bond acceptors (Lipinski definition) is 6. The molecular weight excluding hydrogens is 422 g/mol. The Morgan fingerprint density at radius 2 is 1.70 bits per heavy atom. The summed E-state index contributed by atoms with van der Waals surface area (Å²) in [6.45, 7) is 1.82. The highest BCUT2D eigenvalue weighted by atomic mass is 16.5. The van der Waals surface area contributed by atoms with E-state index in [1.54, 1.807) is 61.7 Å². The van der Waals surface area contributed by atoms with Crippen LogP contribution in [0, 0.1) is 6.92 Å². The van der Waals surface area contributed by atoms with Crippen molar-refractivity contribution in [2.24, 2.45) is 0 Å². The van der Waals surface area contributed by atoms with Crippen LogP contribution >= 0.6 is 0 Å². The maximum Gasteiger partial charge on any atom is 0.300 e. The number of aryl methyl sites for hydroxylation is 1. The number of amides is 1. The van der Waals surface area contributed by atoms with Crippen molar-refractivity contribution in [3.63, 3.8) is 0 Å². The van der Waals surface area contributed by atoms with Crippen molar-refractivity contribution in [3.8, 4) is 17.2 Å². The van der Waals surface area contributed by atoms with Crippen molar-refractivity contribution >= 4 is 23.1 Å². The number of aromatic hydroxyl groups is 1. The third-order valence-corrected chi connectivity index (χ3v) is 5.63. The third kappa shape index (κ3) is 3.89. The second-order valence-electron chi connectivity index (χ2n) is 7.65. The van der Waals surface area contributed by atoms with Crippen LogP contribution in [0.3, 0.4) is 0 Å². The van der Waals surface area contributed by atoms with E-state index in [2.05, 4.69) is 0 Å². The molecular formula is C26H23NO6. The van der Waals surface area contributed by atoms with Gasteiger partial charge in [0.1, 0.15) is 23.0 Å². The Bertz CT molecular complexity index is 1280. The fourth-order valence-corrected chi connectivity index (χ4v) is 4.05. The first-order chi connectivity index (χ1) is 15.8. The number of nitrogens with zero attached hydrogens (tertiary/aromatic N) is 1. The van der Waals surface area contributed by atoms with Crippen molar-refractivity contribution in [1.29, 1.82) is 0 Å². The summed E-state index contributed by atoms with van der Waals surface area (Å²) in [4.78, 5) is 27.7. The number of benzene rings is 3. The quantitative estimate of drug-likeness (QED) is 0.345. The summed E-state index contributed by atoms with van der Waals surface area (Å²) in [7, 11) is 3.05. The van der Waals surface area contributed by atoms with Crippen molar-refractivity contribution in [3.05, 3.63) is 89.0 Å². The molecule has 7 heteroatoms. The van der Waals surface area contributed by atoms with Gasteiger partial charge in [0.15, 0.2) is 0 Å². The first kappa shape index (κ1) is 22.0. The lowest BCUT2D eigenvalue weighted by atomic mass is 9.94. The molecule has 1 fully saturated rings. The van der Waals surface area contributed by atoms with Crippen molar-refractivity contribution in [2.75, 3.05) is 19.1 Å². The van der Waals surface area contributed by atoms with Crippen LogP contribution < -0.4 is 14.4 Å². The van der Waals surface area contributed by atoms with E-state index in [9.17, 15) is 19.8 Å². The Morgan fingerprint density at radius 3 is 2.36 bits per heavy atom. The summed E-state index contributed by atoms with van der Waals surface area (Å²) < 4.78 is 10.6. The molecule has 1 unspecified atom stereocenters. The van der Waals surface area contributed by atoms with Crippen LogP contribution in [0.25, 0.3) is 5.76 Å². The normalized spacial score (nSPS) is 17.3. The molecule has 168 valence electrons. The third-order valence-electron chi connectivity index (χ3n) is 5.63. The van der Waals surface area contributed by atoms with Crippen LogP contribution in [0.2, 0.25) is 0 Å². The van der Waals surface area contributed by atoms with E-state index in [0.29, 0.717) is 28.3 Å². The maximum atomic E-state index is 13.2. The molecule has 0 spiro atoms. The number of hydrogen-bond donors (Lipinski definition) is 2. The zero-order valence-corrected chi connectivity index (χ0v) is 18.4. The molecule has 3 aromatic carbocycles. The van der Waals surface area contributed by atoms with Crippen LogP contribution in [0.1, 0.15) is 22.7 Å². The average molecular weight is 445 g/mol. The van der Waals surface area contributed by atoms with E-state index >= 15 is 0 Å². The molecule has 0 aliphatic carbocycles. The van der Waals surface area contributed by atoms with Gasteiger partial charge in [-0.25, -0.2) is 0 Å². The predicted molar refractivity (Wildman–Crippen MR) is 124 cm³/mol. The number of ether oxygens (including phenoxy) is 2. The molecule has 1 heterocycles. The van der Waals surface area contributed by atoms with Crippen LogP contribution in [0.5, 0.6) is 17.2 Å². The molecule has 1 saturated heterocycles. The van der Waals surface area contributed by atoms with E-state index in [-0.39, 0.29) is 17.1 Å². The minimum Gasteiger partial charge on any atom is -0.508 e. The SMILES string of the molecule is COc1cccc(N2C(=O)C(=O)/C(=C(/O)c3ccc(OC)c(C)c3)C2c2cccc(O)c2)c1. The average Bonchev–Trinajstić information content (AvgIpc) is 3.09. The zero-order valence-electron chi connectivity index (χ0n) is 18.4. The van der Waals surface area contributed by atoms with Crippen molar-refractivity contribution < 1.29 is 29.3 Å². The van der Waals surface area contributed by atoms with Gasteiger partial charge in [-0.1, -0.05) is 18.2 Å². The number of rotatable bonds is 5. The fraction of sp³-hybridized carbons (Fsp3) is 0.154. The van der Waals surface area contributed by atoms with Gasteiger partial charge in [-0.3, -0.25) is 14.5 Å². The number of ketones is 1. The fourth-order valence-electron chi connectivity index (χ4n) is 4.05. The highest BCUT2D eigenvalue weighted by Crippen LogP contribution is 2.43. The van der Waals surface area contributed by atoms with Crippen LogP contribution in [0.15, 0.2) is 72.3 Å². The molecule has 3 aromatic rings. The van der Waals surface area contributed by atoms with Crippen LogP contribution in [-0.2, 0) is 9.59 Å². The summed E-state index contributed by atoms with van der Waals surface area (Å²) in [5, 5.41) is 21.3. The van der Waals surface area contributed by atoms with Crippen molar-refractivity contribution in [2.45, 2.75) is 13.0 Å². The van der Waals surface area contributed by atoms with Crippen molar-refractivity contribution in [1.82, 2.24) is 0 Å². The highest BCUT2D eigenvalue weighted by molar-refractivity contribution is 6.51. The van der Waals surface area contributed by atoms with E-state index in [1.165, 1.54) is 24.1 Å². The van der Waals surface area contributed by atoms with Gasteiger partial charge in [-0.05, 0) is 60.5 Å². The first-order valence-corrected chi connectivity index (χ1v) is 10.2. The lowest BCUT2D eigenvalue weighted by Gasteiger charge is -2.26. The topological polar surface area (TPSA) is 96.3 Å². The number of carbonyl (C=O) groups excluding carboxylic acids is 2. The summed E-state index contributed by atoms with van der Waals surface area (Å²) in [6, 6.07) is 17.1. The van der Waals surface area contributed by atoms with Crippen LogP contribution in [-0.4, -0.2) is 36.1 Å². The number of phenols is 1. The first-order valence-electron chi connectivity index (χ1n) is 10.2. The minimum absolute atomic E-state index is 0.0241. The van der Waals surface area contributed by atoms with E-state index in [1.807, 2.05) is 6.92 Å². The van der Waals surface area contributed by atoms with Gasteiger partial charge in [0.05, 0.1) is 25.8 Å². The molecule has 7 nitrogen and oxygen atoms in total. The van der Waals surface area contributed by atoms with Crippen LogP contribution in [0.4, 0.5) is 5.69 Å². The number of methoxy groups -OCH3 is 2. The van der Waals surface area contributed by atoms with Gasteiger partial charge in [0, 0.05) is 17.3 Å². The Morgan fingerprint density at radius 1 is 0.939 bits per heavy atom. The molecule has 1 aliphatic heterocycles. The molecule has 0 bridgehead atoms. The number of aliphatic hydroxyl groups excluding tert-OH is 1. The molecule has 1 atom stereocenters. The largest absolute Gasteiger partial charge is 0.508 e. The smallest absolute Gasteiger partial charge is 0.300 e. The van der Waals surface area contributed by atoms with E-state index in [4.69, 9.17) is 9.47 Å². The molecule has 33 heavy (non-hydrogen) atoms. The summed E-state index contributed by atoms with van der Waals surface area (Å²) in [5.41, 5.74) is 1.97. The molecule has 1 aliphatic rings. The van der Waals surface area contributed by atoms with Gasteiger partial charge in [0.2, 0.25) is 0 Å². The Labute approximate surface area is 191 Å². The molecule has 0 aromatic heterocycles. The van der Waals surface area contributed by atoms with Gasteiger partial charge in [0.25, 0.3) is 11.7 Å². The number of Topliss-reactive ketones (excluding diaryl/α,β-unsaturated/α-hetero) is 1. The Hall–Kier alpha value is -4.26. The molecule has 0 radical (unpaired) electrons. The predicted octanol–water partition coefficient (Wildman–Crippen LogP) is 4.34. The minimum atomic E-state index is -0.952. The molecule has 1 amide bonds. The maximum absolute atomic E-state index is 13.2. The van der Waals surface area contributed by atoms with E-state index in [0.717, 1.165) is 5.56 Å². The summed E-state index contributed by atoms with van der Waals surface area (Å²) >= 11 is 0. The monoisotopic (exact) mass is 445 g/mol. The Balaban J connectivity index is 1.95. The van der Waals surface area contributed by atoms with Gasteiger partial charge >= 0.3 is 0 Å². The lowest BCUT2D eigenvalue weighted by Crippen LogP contribution is -2.29. The second-order valence-corrected chi connectivity index (χ2v) is 7.65. The van der Waals surface area contributed by atoms with Gasteiger partial charge in [-0.2, -0.15) is 0 Å². The Kier molecular flexibility index (Phi) is 5.79. The number of anilines is 1. The van der Waals surface area contributed by atoms with Gasteiger partial charge in [-0.15, -0.1) is 0 Å². The zero-order chi connectivity index (χ0) is 23.7. The summed E-state index contributed by atoms with van der Waals surface area (Å²) in [6.07, 6.45) is 0. The lowest BCUT2D eigenvalue weighted by molar-refractivity contribution is -0.132. The molecule has 2 N–H and O–H groups in total. The van der Waals surface area contributed by atoms with E-state index < -0.39 is 17.7 Å². The standard InChI is InChI=1S/C26H23NO6/c1-15-12-17(10-11-21(15)33-3)24(29)22-23(16-6-4-8-19(28)13-16)27(26(31)25(22)30)18-7-5-9-20(14-18)32-2/h4-14,23,28-29H,1-3H3/b24-22+. The van der Waals surface area contributed by atoms with Gasteiger partial charge < -0.3 is 19.7 Å². The number of phenolic OH excluding ortho intramolecular Hbond substituents is 1.